The summed E-state index contributed by atoms with van der Waals surface area (Å²) in [6.07, 6.45) is 2.82. The Labute approximate surface area is 94.6 Å². The van der Waals surface area contributed by atoms with Gasteiger partial charge in [0, 0.05) is 32.2 Å². The van der Waals surface area contributed by atoms with Crippen LogP contribution in [-0.4, -0.2) is 49.1 Å². The first-order valence-corrected chi connectivity index (χ1v) is 6.37. The number of hydrogen-bond donors (Lipinski definition) is 0. The molecule has 0 N–H and O–H groups in total. The maximum absolute atomic E-state index is 2.72. The highest BCUT2D eigenvalue weighted by atomic mass is 15.3. The predicted molar refractivity (Wildman–Crippen MR) is 65.0 cm³/mol. The van der Waals surface area contributed by atoms with Crippen LogP contribution in [0.2, 0.25) is 0 Å². The van der Waals surface area contributed by atoms with Gasteiger partial charge in [0.1, 0.15) is 0 Å². The van der Waals surface area contributed by atoms with Crippen LogP contribution in [0.25, 0.3) is 0 Å². The standard InChI is InChI=1S/C13H26N2/c1-13(2,3)8-11-7-12-10-14(4)5-6-15(12)9-11/h11-12H,5-10H2,1-4H3. The minimum Gasteiger partial charge on any atom is -0.304 e. The van der Waals surface area contributed by atoms with Crippen LogP contribution in [0.15, 0.2) is 0 Å². The van der Waals surface area contributed by atoms with E-state index in [1.807, 2.05) is 0 Å². The Morgan fingerprint density at radius 2 is 1.87 bits per heavy atom. The minimum absolute atomic E-state index is 0.505. The lowest BCUT2D eigenvalue weighted by Gasteiger charge is -2.35. The molecule has 2 aliphatic rings. The molecule has 0 aromatic rings. The van der Waals surface area contributed by atoms with Crippen molar-refractivity contribution in [1.82, 2.24) is 9.80 Å². The molecule has 2 unspecified atom stereocenters. The number of piperazine rings is 1. The van der Waals surface area contributed by atoms with Gasteiger partial charge in [0.25, 0.3) is 0 Å². The number of rotatable bonds is 1. The summed E-state index contributed by atoms with van der Waals surface area (Å²) in [5, 5.41) is 0. The summed E-state index contributed by atoms with van der Waals surface area (Å²) in [5.41, 5.74) is 0.505. The summed E-state index contributed by atoms with van der Waals surface area (Å²) >= 11 is 0. The average molecular weight is 210 g/mol. The normalized spacial score (nSPS) is 34.4. The van der Waals surface area contributed by atoms with Gasteiger partial charge in [0.05, 0.1) is 0 Å². The lowest BCUT2D eigenvalue weighted by atomic mass is 9.84. The summed E-state index contributed by atoms with van der Waals surface area (Å²) in [4.78, 5) is 5.21. The number of hydrogen-bond acceptors (Lipinski definition) is 2. The molecular weight excluding hydrogens is 184 g/mol. The maximum Gasteiger partial charge on any atom is 0.0226 e. The second kappa shape index (κ2) is 4.06. The van der Waals surface area contributed by atoms with E-state index in [1.54, 1.807) is 0 Å². The summed E-state index contributed by atoms with van der Waals surface area (Å²) in [5.74, 6) is 0.946. The van der Waals surface area contributed by atoms with Crippen LogP contribution in [0.5, 0.6) is 0 Å². The van der Waals surface area contributed by atoms with Gasteiger partial charge in [-0.1, -0.05) is 20.8 Å². The third-order valence-electron chi connectivity index (χ3n) is 3.81. The van der Waals surface area contributed by atoms with E-state index in [2.05, 4.69) is 37.6 Å². The van der Waals surface area contributed by atoms with Crippen molar-refractivity contribution < 1.29 is 0 Å². The number of nitrogens with zero attached hydrogens (tertiary/aromatic N) is 2. The molecule has 2 heterocycles. The van der Waals surface area contributed by atoms with Gasteiger partial charge in [0.15, 0.2) is 0 Å². The van der Waals surface area contributed by atoms with Crippen molar-refractivity contribution in [3.63, 3.8) is 0 Å². The van der Waals surface area contributed by atoms with Gasteiger partial charge < -0.3 is 4.90 Å². The minimum atomic E-state index is 0.505. The highest BCUT2D eigenvalue weighted by Gasteiger charge is 2.36. The Bertz CT molecular complexity index is 219. The number of likely N-dealkylation sites (N-methyl/N-ethyl adjacent to an activating group) is 1. The predicted octanol–water partition coefficient (Wildman–Crippen LogP) is 2.06. The van der Waals surface area contributed by atoms with Crippen LogP contribution in [0.4, 0.5) is 0 Å². The van der Waals surface area contributed by atoms with Gasteiger partial charge >= 0.3 is 0 Å². The van der Waals surface area contributed by atoms with Crippen molar-refractivity contribution in [2.24, 2.45) is 11.3 Å². The second-order valence-electron chi connectivity index (χ2n) is 6.78. The van der Waals surface area contributed by atoms with Crippen molar-refractivity contribution in [3.8, 4) is 0 Å². The molecule has 2 heteroatoms. The average Bonchev–Trinajstić information content (AvgIpc) is 2.42. The maximum atomic E-state index is 2.72. The molecule has 2 fully saturated rings. The van der Waals surface area contributed by atoms with Crippen molar-refractivity contribution in [3.05, 3.63) is 0 Å². The molecule has 0 aromatic carbocycles. The van der Waals surface area contributed by atoms with E-state index in [0.29, 0.717) is 5.41 Å². The van der Waals surface area contributed by atoms with E-state index in [-0.39, 0.29) is 0 Å². The summed E-state index contributed by atoms with van der Waals surface area (Å²) < 4.78 is 0. The monoisotopic (exact) mass is 210 g/mol. The molecule has 2 saturated heterocycles. The zero-order chi connectivity index (χ0) is 11.1. The summed E-state index contributed by atoms with van der Waals surface area (Å²) in [6.45, 7) is 12.3. The third-order valence-corrected chi connectivity index (χ3v) is 3.81. The molecule has 0 aromatic heterocycles. The van der Waals surface area contributed by atoms with Crippen molar-refractivity contribution in [2.75, 3.05) is 33.2 Å². The van der Waals surface area contributed by atoms with Gasteiger partial charge in [0.2, 0.25) is 0 Å². The third kappa shape index (κ3) is 2.94. The van der Waals surface area contributed by atoms with E-state index in [0.717, 1.165) is 12.0 Å². The first kappa shape index (κ1) is 11.4. The van der Waals surface area contributed by atoms with Crippen LogP contribution in [0.3, 0.4) is 0 Å². The Kier molecular flexibility index (Phi) is 3.09. The van der Waals surface area contributed by atoms with Gasteiger partial charge in [-0.3, -0.25) is 4.90 Å². The highest BCUT2D eigenvalue weighted by molar-refractivity contribution is 4.91. The molecule has 2 atom stereocenters. The SMILES string of the molecule is CN1CCN2CC(CC(C)(C)C)CC2C1. The summed E-state index contributed by atoms with van der Waals surface area (Å²) in [6, 6.07) is 0.857. The van der Waals surface area contributed by atoms with Crippen molar-refractivity contribution >= 4 is 0 Å². The Morgan fingerprint density at radius 1 is 1.13 bits per heavy atom. The van der Waals surface area contributed by atoms with Gasteiger partial charge in [-0.05, 0) is 31.2 Å². The van der Waals surface area contributed by atoms with Gasteiger partial charge in [-0.2, -0.15) is 0 Å². The van der Waals surface area contributed by atoms with Crippen molar-refractivity contribution in [1.29, 1.82) is 0 Å². The fraction of sp³-hybridized carbons (Fsp3) is 1.00. The van der Waals surface area contributed by atoms with E-state index < -0.39 is 0 Å². The molecule has 0 saturated carbocycles. The topological polar surface area (TPSA) is 6.48 Å². The lowest BCUT2D eigenvalue weighted by Crippen LogP contribution is -2.48. The van der Waals surface area contributed by atoms with Crippen LogP contribution in [0.1, 0.15) is 33.6 Å². The van der Waals surface area contributed by atoms with Crippen LogP contribution in [0, 0.1) is 11.3 Å². The zero-order valence-electron chi connectivity index (χ0n) is 10.8. The Hall–Kier alpha value is -0.0800. The van der Waals surface area contributed by atoms with Gasteiger partial charge in [-0.25, -0.2) is 0 Å². The van der Waals surface area contributed by atoms with E-state index in [9.17, 15) is 0 Å². The van der Waals surface area contributed by atoms with Crippen LogP contribution < -0.4 is 0 Å². The molecule has 15 heavy (non-hydrogen) atoms. The van der Waals surface area contributed by atoms with Crippen molar-refractivity contribution in [2.45, 2.75) is 39.7 Å². The molecule has 0 spiro atoms. The Balaban J connectivity index is 1.88. The Morgan fingerprint density at radius 3 is 2.53 bits per heavy atom. The molecule has 0 radical (unpaired) electrons. The molecule has 2 aliphatic heterocycles. The fourth-order valence-corrected chi connectivity index (χ4v) is 3.32. The molecule has 0 bridgehead atoms. The largest absolute Gasteiger partial charge is 0.304 e. The highest BCUT2D eigenvalue weighted by Crippen LogP contribution is 2.34. The lowest BCUT2D eigenvalue weighted by molar-refractivity contribution is 0.123. The molecular formula is C13H26N2. The zero-order valence-corrected chi connectivity index (χ0v) is 10.8. The first-order valence-electron chi connectivity index (χ1n) is 6.37. The van der Waals surface area contributed by atoms with E-state index in [1.165, 1.54) is 39.0 Å². The number of fused-ring (bicyclic) bond motifs is 1. The molecule has 2 rings (SSSR count). The fourth-order valence-electron chi connectivity index (χ4n) is 3.32. The molecule has 0 aliphatic carbocycles. The summed E-state index contributed by atoms with van der Waals surface area (Å²) in [7, 11) is 2.26. The smallest absolute Gasteiger partial charge is 0.0226 e. The quantitative estimate of drug-likeness (QED) is 0.653. The molecule has 88 valence electrons. The van der Waals surface area contributed by atoms with Crippen LogP contribution >= 0.6 is 0 Å². The molecule has 2 nitrogen and oxygen atoms in total. The van der Waals surface area contributed by atoms with Gasteiger partial charge in [-0.15, -0.1) is 0 Å². The van der Waals surface area contributed by atoms with Crippen LogP contribution in [-0.2, 0) is 0 Å². The van der Waals surface area contributed by atoms with E-state index in [4.69, 9.17) is 0 Å². The molecule has 0 amide bonds. The van der Waals surface area contributed by atoms with E-state index >= 15 is 0 Å². The second-order valence-corrected chi connectivity index (χ2v) is 6.78. The first-order chi connectivity index (χ1) is 6.94.